The van der Waals surface area contributed by atoms with Crippen molar-refractivity contribution < 1.29 is 19.3 Å². The highest BCUT2D eigenvalue weighted by Gasteiger charge is 2.15. The minimum absolute atomic E-state index is 0.0263. The van der Waals surface area contributed by atoms with E-state index in [2.05, 4.69) is 9.97 Å². The quantitative estimate of drug-likeness (QED) is 0.836. The van der Waals surface area contributed by atoms with Crippen LogP contribution in [0.3, 0.4) is 0 Å². The molecule has 2 aromatic heterocycles. The SMILES string of the molecule is COc1ccc2ncc(F)c(C[C@@H](O)CO)c2n1. The molecule has 0 aromatic carbocycles. The number of nitrogens with zero attached hydrogens (tertiary/aromatic N) is 2. The molecule has 2 heterocycles. The van der Waals surface area contributed by atoms with Crippen LogP contribution in [0.25, 0.3) is 11.0 Å². The van der Waals surface area contributed by atoms with Gasteiger partial charge in [0.1, 0.15) is 5.82 Å². The normalized spacial score (nSPS) is 12.7. The molecule has 18 heavy (non-hydrogen) atoms. The third kappa shape index (κ3) is 2.39. The van der Waals surface area contributed by atoms with E-state index < -0.39 is 18.5 Å². The van der Waals surface area contributed by atoms with Gasteiger partial charge in [0, 0.05) is 18.1 Å². The lowest BCUT2D eigenvalue weighted by atomic mass is 10.1. The Bertz CT molecular complexity index is 562. The summed E-state index contributed by atoms with van der Waals surface area (Å²) in [5, 5.41) is 18.3. The lowest BCUT2D eigenvalue weighted by molar-refractivity contribution is 0.0950. The largest absolute Gasteiger partial charge is 0.481 e. The molecule has 2 rings (SSSR count). The zero-order chi connectivity index (χ0) is 13.1. The second kappa shape index (κ2) is 5.24. The number of methoxy groups -OCH3 is 1. The van der Waals surface area contributed by atoms with Crippen LogP contribution < -0.4 is 4.74 Å². The van der Waals surface area contributed by atoms with Gasteiger partial charge in [-0.1, -0.05) is 0 Å². The number of pyridine rings is 2. The molecule has 0 bridgehead atoms. The van der Waals surface area contributed by atoms with Gasteiger partial charge in [0.2, 0.25) is 5.88 Å². The fourth-order valence-electron chi connectivity index (χ4n) is 1.69. The molecule has 5 nitrogen and oxygen atoms in total. The predicted molar refractivity (Wildman–Crippen MR) is 62.8 cm³/mol. The van der Waals surface area contributed by atoms with Crippen molar-refractivity contribution in [3.8, 4) is 5.88 Å². The van der Waals surface area contributed by atoms with E-state index >= 15 is 0 Å². The minimum atomic E-state index is -1.03. The van der Waals surface area contributed by atoms with Crippen molar-refractivity contribution in [3.63, 3.8) is 0 Å². The van der Waals surface area contributed by atoms with Crippen molar-refractivity contribution in [2.24, 2.45) is 0 Å². The van der Waals surface area contributed by atoms with Crippen LogP contribution in [0.15, 0.2) is 18.3 Å². The zero-order valence-electron chi connectivity index (χ0n) is 9.80. The fraction of sp³-hybridized carbons (Fsp3) is 0.333. The van der Waals surface area contributed by atoms with Crippen LogP contribution in [-0.4, -0.2) is 40.0 Å². The van der Waals surface area contributed by atoms with E-state index in [1.165, 1.54) is 7.11 Å². The van der Waals surface area contributed by atoms with Gasteiger partial charge in [-0.15, -0.1) is 0 Å². The van der Waals surface area contributed by atoms with Gasteiger partial charge in [-0.05, 0) is 6.07 Å². The summed E-state index contributed by atoms with van der Waals surface area (Å²) in [7, 11) is 1.46. The molecule has 0 amide bonds. The van der Waals surface area contributed by atoms with Crippen LogP contribution in [0, 0.1) is 5.82 Å². The molecule has 0 radical (unpaired) electrons. The van der Waals surface area contributed by atoms with E-state index in [1.807, 2.05) is 0 Å². The number of rotatable bonds is 4. The van der Waals surface area contributed by atoms with E-state index in [1.54, 1.807) is 12.1 Å². The lowest BCUT2D eigenvalue weighted by Gasteiger charge is -2.10. The fourth-order valence-corrected chi connectivity index (χ4v) is 1.69. The number of fused-ring (bicyclic) bond motifs is 1. The average Bonchev–Trinajstić information content (AvgIpc) is 2.41. The molecule has 2 N–H and O–H groups in total. The zero-order valence-corrected chi connectivity index (χ0v) is 9.80. The summed E-state index contributed by atoms with van der Waals surface area (Å²) < 4.78 is 18.7. The van der Waals surface area contributed by atoms with Crippen LogP contribution in [0.1, 0.15) is 5.56 Å². The minimum Gasteiger partial charge on any atom is -0.481 e. The third-order valence-corrected chi connectivity index (χ3v) is 2.60. The second-order valence-electron chi connectivity index (χ2n) is 3.85. The van der Waals surface area contributed by atoms with Crippen molar-refractivity contribution >= 4 is 11.0 Å². The summed E-state index contributed by atoms with van der Waals surface area (Å²) >= 11 is 0. The Kier molecular flexibility index (Phi) is 3.69. The van der Waals surface area contributed by atoms with Crippen molar-refractivity contribution in [1.82, 2.24) is 9.97 Å². The van der Waals surface area contributed by atoms with Crippen LogP contribution in [0.5, 0.6) is 5.88 Å². The van der Waals surface area contributed by atoms with Crippen LogP contribution in [0.4, 0.5) is 4.39 Å². The summed E-state index contributed by atoms with van der Waals surface area (Å²) in [6.07, 6.45) is 0.0235. The summed E-state index contributed by atoms with van der Waals surface area (Å²) in [6.45, 7) is -0.437. The first-order valence-electron chi connectivity index (χ1n) is 5.42. The van der Waals surface area contributed by atoms with Gasteiger partial charge in [0.15, 0.2) is 0 Å². The van der Waals surface area contributed by atoms with Gasteiger partial charge in [-0.2, -0.15) is 0 Å². The Morgan fingerprint density at radius 3 is 2.89 bits per heavy atom. The van der Waals surface area contributed by atoms with Gasteiger partial charge < -0.3 is 14.9 Å². The molecule has 0 aliphatic rings. The first kappa shape index (κ1) is 12.7. The molecular weight excluding hydrogens is 239 g/mol. The van der Waals surface area contributed by atoms with Gasteiger partial charge >= 0.3 is 0 Å². The average molecular weight is 252 g/mol. The molecule has 0 aliphatic heterocycles. The Morgan fingerprint density at radius 2 is 2.22 bits per heavy atom. The summed E-state index contributed by atoms with van der Waals surface area (Å²) in [5.74, 6) is -0.217. The molecule has 0 unspecified atom stereocenters. The number of aliphatic hydroxyl groups excluding tert-OH is 2. The lowest BCUT2D eigenvalue weighted by Crippen LogP contribution is -2.16. The molecule has 0 saturated carbocycles. The summed E-state index contributed by atoms with van der Waals surface area (Å²) in [6, 6.07) is 3.29. The molecule has 0 saturated heterocycles. The van der Waals surface area contributed by atoms with Crippen molar-refractivity contribution in [2.75, 3.05) is 13.7 Å². The molecular formula is C12H13FN2O3. The van der Waals surface area contributed by atoms with Crippen molar-refractivity contribution in [1.29, 1.82) is 0 Å². The Balaban J connectivity index is 2.56. The van der Waals surface area contributed by atoms with E-state index in [4.69, 9.17) is 9.84 Å². The highest BCUT2D eigenvalue weighted by molar-refractivity contribution is 5.78. The van der Waals surface area contributed by atoms with Crippen LogP contribution in [-0.2, 0) is 6.42 Å². The van der Waals surface area contributed by atoms with Gasteiger partial charge in [-0.25, -0.2) is 9.37 Å². The monoisotopic (exact) mass is 252 g/mol. The number of aromatic nitrogens is 2. The molecule has 96 valence electrons. The maximum atomic E-state index is 13.7. The maximum Gasteiger partial charge on any atom is 0.213 e. The van der Waals surface area contributed by atoms with Gasteiger partial charge in [0.25, 0.3) is 0 Å². The number of ether oxygens (including phenoxy) is 1. The summed E-state index contributed by atoms with van der Waals surface area (Å²) in [5.41, 5.74) is 1.07. The Labute approximate surface area is 103 Å². The van der Waals surface area contributed by atoms with E-state index in [0.29, 0.717) is 16.9 Å². The maximum absolute atomic E-state index is 13.7. The van der Waals surface area contributed by atoms with Crippen LogP contribution in [0.2, 0.25) is 0 Å². The number of hydrogen-bond acceptors (Lipinski definition) is 5. The second-order valence-corrected chi connectivity index (χ2v) is 3.85. The van der Waals surface area contributed by atoms with Crippen LogP contribution >= 0.6 is 0 Å². The number of hydrogen-bond donors (Lipinski definition) is 2. The van der Waals surface area contributed by atoms with Crippen molar-refractivity contribution in [2.45, 2.75) is 12.5 Å². The standard InChI is InChI=1S/C12H13FN2O3/c1-18-11-3-2-10-12(15-11)8(4-7(17)6-16)9(13)5-14-10/h2-3,5,7,16-17H,4,6H2,1H3/t7-/m1/s1. The highest BCUT2D eigenvalue weighted by atomic mass is 19.1. The molecule has 0 spiro atoms. The Hall–Kier alpha value is -1.79. The van der Waals surface area contributed by atoms with E-state index in [0.717, 1.165) is 6.20 Å². The first-order chi connectivity index (χ1) is 8.65. The third-order valence-electron chi connectivity index (χ3n) is 2.60. The molecule has 6 heteroatoms. The number of halogens is 1. The topological polar surface area (TPSA) is 75.5 Å². The van der Waals surface area contributed by atoms with E-state index in [9.17, 15) is 9.50 Å². The Morgan fingerprint density at radius 1 is 1.44 bits per heavy atom. The molecule has 1 atom stereocenters. The van der Waals surface area contributed by atoms with Gasteiger partial charge in [0.05, 0.1) is 37.1 Å². The van der Waals surface area contributed by atoms with Gasteiger partial charge in [-0.3, -0.25) is 4.98 Å². The molecule has 0 aliphatic carbocycles. The highest BCUT2D eigenvalue weighted by Crippen LogP contribution is 2.22. The number of aliphatic hydroxyl groups is 2. The smallest absolute Gasteiger partial charge is 0.213 e. The molecule has 0 fully saturated rings. The molecule has 2 aromatic rings. The van der Waals surface area contributed by atoms with Crippen molar-refractivity contribution in [3.05, 3.63) is 29.7 Å². The first-order valence-corrected chi connectivity index (χ1v) is 5.42. The predicted octanol–water partition coefficient (Wildman–Crippen LogP) is 0.673. The summed E-state index contributed by atoms with van der Waals surface area (Å²) in [4.78, 5) is 8.04. The van der Waals surface area contributed by atoms with E-state index in [-0.39, 0.29) is 12.0 Å².